The number of hydrogen-bond acceptors (Lipinski definition) is 5. The smallest absolute Gasteiger partial charge is 0.228 e. The highest BCUT2D eigenvalue weighted by atomic mass is 16.5. The van der Waals surface area contributed by atoms with E-state index in [0.29, 0.717) is 17.7 Å². The molecule has 1 aromatic heterocycles. The Morgan fingerprint density at radius 3 is 2.44 bits per heavy atom. The van der Waals surface area contributed by atoms with Crippen LogP contribution in [0.2, 0.25) is 0 Å². The molecule has 2 unspecified atom stereocenters. The van der Waals surface area contributed by atoms with E-state index in [9.17, 15) is 4.79 Å². The summed E-state index contributed by atoms with van der Waals surface area (Å²) in [5.74, 6) is 3.38. The number of hydrogen-bond donors (Lipinski definition) is 0. The van der Waals surface area contributed by atoms with E-state index in [-0.39, 0.29) is 5.92 Å². The number of ether oxygens (including phenoxy) is 1. The van der Waals surface area contributed by atoms with Crippen molar-refractivity contribution in [2.24, 2.45) is 17.8 Å². The molecule has 0 N–H and O–H groups in total. The van der Waals surface area contributed by atoms with Gasteiger partial charge in [0.1, 0.15) is 0 Å². The summed E-state index contributed by atoms with van der Waals surface area (Å²) < 4.78 is 5.18. The van der Waals surface area contributed by atoms with Crippen LogP contribution in [0.5, 0.6) is 5.88 Å². The van der Waals surface area contributed by atoms with Crippen LogP contribution in [0.1, 0.15) is 38.5 Å². The molecule has 0 bridgehead atoms. The number of methoxy groups -OCH3 is 1. The SMILES string of the molecule is COc1ccnc(N2CCC(C(=O)N3CC4CCCCC4C3)CC2)n1. The third kappa shape index (κ3) is 3.44. The summed E-state index contributed by atoms with van der Waals surface area (Å²) in [4.78, 5) is 26.0. The molecule has 2 atom stereocenters. The average Bonchev–Trinajstić information content (AvgIpc) is 3.12. The number of anilines is 1. The van der Waals surface area contributed by atoms with Crippen LogP contribution >= 0.6 is 0 Å². The summed E-state index contributed by atoms with van der Waals surface area (Å²) in [7, 11) is 1.62. The van der Waals surface area contributed by atoms with E-state index in [0.717, 1.165) is 50.9 Å². The maximum Gasteiger partial charge on any atom is 0.228 e. The van der Waals surface area contributed by atoms with Crippen LogP contribution in [-0.2, 0) is 4.79 Å². The molecule has 2 saturated heterocycles. The predicted molar refractivity (Wildman–Crippen MR) is 95.5 cm³/mol. The summed E-state index contributed by atoms with van der Waals surface area (Å²) in [6.07, 6.45) is 8.85. The number of aromatic nitrogens is 2. The third-order valence-corrected chi connectivity index (χ3v) is 6.24. The summed E-state index contributed by atoms with van der Waals surface area (Å²) in [5, 5.41) is 0. The van der Waals surface area contributed by atoms with Gasteiger partial charge in [-0.15, -0.1) is 0 Å². The fourth-order valence-corrected chi connectivity index (χ4v) is 4.77. The maximum atomic E-state index is 12.9. The van der Waals surface area contributed by atoms with Gasteiger partial charge in [-0.2, -0.15) is 4.98 Å². The second-order valence-corrected chi connectivity index (χ2v) is 7.71. The highest BCUT2D eigenvalue weighted by molar-refractivity contribution is 5.79. The van der Waals surface area contributed by atoms with Crippen molar-refractivity contribution >= 4 is 11.9 Å². The predicted octanol–water partition coefficient (Wildman–Crippen LogP) is 2.35. The molecule has 1 saturated carbocycles. The molecule has 0 aromatic carbocycles. The Kier molecular flexibility index (Phi) is 4.77. The highest BCUT2D eigenvalue weighted by Gasteiger charge is 2.39. The van der Waals surface area contributed by atoms with Gasteiger partial charge < -0.3 is 14.5 Å². The molecule has 2 aliphatic heterocycles. The van der Waals surface area contributed by atoms with E-state index in [1.165, 1.54) is 25.7 Å². The van der Waals surface area contributed by atoms with E-state index in [4.69, 9.17) is 4.74 Å². The van der Waals surface area contributed by atoms with Gasteiger partial charge in [0.15, 0.2) is 0 Å². The van der Waals surface area contributed by atoms with Crippen LogP contribution in [0, 0.1) is 17.8 Å². The van der Waals surface area contributed by atoms with Crippen molar-refractivity contribution in [2.75, 3.05) is 38.2 Å². The number of rotatable bonds is 3. The second-order valence-electron chi connectivity index (χ2n) is 7.71. The van der Waals surface area contributed by atoms with E-state index < -0.39 is 0 Å². The topological polar surface area (TPSA) is 58.6 Å². The number of piperidine rings is 1. The quantitative estimate of drug-likeness (QED) is 0.842. The maximum absolute atomic E-state index is 12.9. The van der Waals surface area contributed by atoms with Crippen LogP contribution in [0.4, 0.5) is 5.95 Å². The average molecular weight is 344 g/mol. The molecule has 1 amide bonds. The summed E-state index contributed by atoms with van der Waals surface area (Å²) >= 11 is 0. The summed E-state index contributed by atoms with van der Waals surface area (Å²) in [5.41, 5.74) is 0. The Morgan fingerprint density at radius 2 is 1.80 bits per heavy atom. The lowest BCUT2D eigenvalue weighted by Gasteiger charge is -2.33. The number of carbonyl (C=O) groups excluding carboxylic acids is 1. The first-order chi connectivity index (χ1) is 12.2. The highest BCUT2D eigenvalue weighted by Crippen LogP contribution is 2.37. The molecule has 6 nitrogen and oxygen atoms in total. The van der Waals surface area contributed by atoms with Crippen LogP contribution < -0.4 is 9.64 Å². The van der Waals surface area contributed by atoms with Gasteiger partial charge in [0.2, 0.25) is 17.7 Å². The van der Waals surface area contributed by atoms with E-state index in [2.05, 4.69) is 19.8 Å². The van der Waals surface area contributed by atoms with E-state index in [1.54, 1.807) is 19.4 Å². The van der Waals surface area contributed by atoms with Gasteiger partial charge in [0, 0.05) is 44.4 Å². The van der Waals surface area contributed by atoms with Crippen molar-refractivity contribution in [3.63, 3.8) is 0 Å². The molecule has 0 radical (unpaired) electrons. The van der Waals surface area contributed by atoms with Crippen molar-refractivity contribution < 1.29 is 9.53 Å². The van der Waals surface area contributed by atoms with Gasteiger partial charge in [-0.3, -0.25) is 4.79 Å². The van der Waals surface area contributed by atoms with Crippen LogP contribution in [-0.4, -0.2) is 54.1 Å². The van der Waals surface area contributed by atoms with Crippen LogP contribution in [0.25, 0.3) is 0 Å². The first-order valence-electron chi connectivity index (χ1n) is 9.65. The number of carbonyl (C=O) groups is 1. The van der Waals surface area contributed by atoms with Gasteiger partial charge in [-0.05, 0) is 37.5 Å². The van der Waals surface area contributed by atoms with E-state index >= 15 is 0 Å². The second kappa shape index (κ2) is 7.18. The molecule has 136 valence electrons. The zero-order valence-electron chi connectivity index (χ0n) is 15.1. The minimum atomic E-state index is 0.169. The molecule has 3 fully saturated rings. The van der Waals surface area contributed by atoms with Crippen LogP contribution in [0.15, 0.2) is 12.3 Å². The summed E-state index contributed by atoms with van der Waals surface area (Å²) in [6, 6.07) is 1.76. The lowest BCUT2D eigenvalue weighted by atomic mass is 9.82. The molecular formula is C19H28N4O2. The molecule has 3 aliphatic rings. The van der Waals surface area contributed by atoms with Crippen LogP contribution in [0.3, 0.4) is 0 Å². The minimum Gasteiger partial charge on any atom is -0.481 e. The van der Waals surface area contributed by atoms with Crippen molar-refractivity contribution in [3.05, 3.63) is 12.3 Å². The Morgan fingerprint density at radius 1 is 1.12 bits per heavy atom. The monoisotopic (exact) mass is 344 g/mol. The summed E-state index contributed by atoms with van der Waals surface area (Å²) in [6.45, 7) is 3.68. The van der Waals surface area contributed by atoms with Gasteiger partial charge in [0.25, 0.3) is 0 Å². The number of fused-ring (bicyclic) bond motifs is 1. The zero-order chi connectivity index (χ0) is 17.2. The largest absolute Gasteiger partial charge is 0.481 e. The Bertz CT molecular complexity index is 601. The Hall–Kier alpha value is -1.85. The fraction of sp³-hybridized carbons (Fsp3) is 0.737. The Balaban J connectivity index is 1.33. The molecule has 1 aliphatic carbocycles. The van der Waals surface area contributed by atoms with Crippen molar-refractivity contribution in [1.29, 1.82) is 0 Å². The lowest BCUT2D eigenvalue weighted by molar-refractivity contribution is -0.135. The number of nitrogens with zero attached hydrogens (tertiary/aromatic N) is 4. The minimum absolute atomic E-state index is 0.169. The fourth-order valence-electron chi connectivity index (χ4n) is 4.77. The normalized spacial score (nSPS) is 27.2. The molecule has 4 rings (SSSR count). The first-order valence-corrected chi connectivity index (χ1v) is 9.65. The van der Waals surface area contributed by atoms with Gasteiger partial charge >= 0.3 is 0 Å². The molecular weight excluding hydrogens is 316 g/mol. The third-order valence-electron chi connectivity index (χ3n) is 6.24. The number of amides is 1. The zero-order valence-corrected chi connectivity index (χ0v) is 15.1. The molecule has 0 spiro atoms. The van der Waals surface area contributed by atoms with Gasteiger partial charge in [-0.25, -0.2) is 4.98 Å². The van der Waals surface area contributed by atoms with E-state index in [1.807, 2.05) is 0 Å². The first kappa shape index (κ1) is 16.6. The van der Waals surface area contributed by atoms with Gasteiger partial charge in [0.05, 0.1) is 7.11 Å². The standard InChI is InChI=1S/C19H28N4O2/c1-25-17-6-9-20-19(21-17)22-10-7-14(8-11-22)18(24)23-12-15-4-2-3-5-16(15)13-23/h6,9,14-16H,2-5,7-8,10-13H2,1H3. The molecule has 3 heterocycles. The van der Waals surface area contributed by atoms with Crippen molar-refractivity contribution in [2.45, 2.75) is 38.5 Å². The van der Waals surface area contributed by atoms with Gasteiger partial charge in [-0.1, -0.05) is 12.8 Å². The molecule has 1 aromatic rings. The van der Waals surface area contributed by atoms with Crippen molar-refractivity contribution in [1.82, 2.24) is 14.9 Å². The molecule has 25 heavy (non-hydrogen) atoms. The Labute approximate surface area is 149 Å². The number of likely N-dealkylation sites (tertiary alicyclic amines) is 1. The lowest BCUT2D eigenvalue weighted by Crippen LogP contribution is -2.42. The van der Waals surface area contributed by atoms with Crippen molar-refractivity contribution in [3.8, 4) is 5.88 Å². The molecule has 6 heteroatoms.